The topological polar surface area (TPSA) is 15.3 Å². The Balaban J connectivity index is 2.69. The number of likely N-dealkylation sites (N-methyl/N-ethyl adjacent to an activating group) is 1. The van der Waals surface area contributed by atoms with Crippen LogP contribution in [0.1, 0.15) is 40.5 Å². The maximum Gasteiger partial charge on any atom is 0.0308 e. The normalized spacial score (nSPS) is 21.9. The minimum atomic E-state index is 0.291. The molecule has 1 N–H and O–H groups in total. The van der Waals surface area contributed by atoms with Crippen LogP contribution in [0.3, 0.4) is 0 Å². The first-order valence-electron chi connectivity index (χ1n) is 5.92. The second-order valence-corrected chi connectivity index (χ2v) is 5.36. The Morgan fingerprint density at radius 2 is 1.64 bits per heavy atom. The lowest BCUT2D eigenvalue weighted by molar-refractivity contribution is 0.0890. The summed E-state index contributed by atoms with van der Waals surface area (Å²) in [5.74, 6) is 0.690. The van der Waals surface area contributed by atoms with Crippen molar-refractivity contribution < 1.29 is 0 Å². The van der Waals surface area contributed by atoms with E-state index in [1.54, 1.807) is 0 Å². The van der Waals surface area contributed by atoms with Crippen molar-refractivity contribution in [2.24, 2.45) is 5.92 Å². The molecular weight excluding hydrogens is 172 g/mol. The standard InChI is InChI=1S/C12H26N2/c1-10(2)11(13-5)12(3,4)14-8-6-7-9-14/h10-11,13H,6-9H2,1-5H3. The van der Waals surface area contributed by atoms with E-state index >= 15 is 0 Å². The molecule has 84 valence electrons. The lowest BCUT2D eigenvalue weighted by Gasteiger charge is -2.44. The van der Waals surface area contributed by atoms with Gasteiger partial charge in [-0.3, -0.25) is 4.90 Å². The molecule has 0 bridgehead atoms. The highest BCUT2D eigenvalue weighted by Crippen LogP contribution is 2.27. The Bertz CT molecular complexity index is 169. The molecule has 2 heteroatoms. The van der Waals surface area contributed by atoms with Gasteiger partial charge >= 0.3 is 0 Å². The highest BCUT2D eigenvalue weighted by atomic mass is 15.2. The van der Waals surface area contributed by atoms with Gasteiger partial charge in [-0.2, -0.15) is 0 Å². The molecular formula is C12H26N2. The summed E-state index contributed by atoms with van der Waals surface area (Å²) in [7, 11) is 2.09. The van der Waals surface area contributed by atoms with Gasteiger partial charge in [-0.15, -0.1) is 0 Å². The van der Waals surface area contributed by atoms with Crippen LogP contribution in [0, 0.1) is 5.92 Å². The summed E-state index contributed by atoms with van der Waals surface area (Å²) in [6.45, 7) is 11.9. The summed E-state index contributed by atoms with van der Waals surface area (Å²) in [5.41, 5.74) is 0.291. The quantitative estimate of drug-likeness (QED) is 0.744. The van der Waals surface area contributed by atoms with Gasteiger partial charge in [0.15, 0.2) is 0 Å². The minimum absolute atomic E-state index is 0.291. The molecule has 0 radical (unpaired) electrons. The summed E-state index contributed by atoms with van der Waals surface area (Å²) in [5, 5.41) is 3.48. The minimum Gasteiger partial charge on any atom is -0.315 e. The molecule has 1 rings (SSSR count). The molecule has 1 fully saturated rings. The van der Waals surface area contributed by atoms with E-state index in [0.29, 0.717) is 17.5 Å². The van der Waals surface area contributed by atoms with E-state index in [1.165, 1.54) is 25.9 Å². The van der Waals surface area contributed by atoms with Gasteiger partial charge in [0.1, 0.15) is 0 Å². The number of hydrogen-bond donors (Lipinski definition) is 1. The van der Waals surface area contributed by atoms with E-state index in [-0.39, 0.29) is 0 Å². The van der Waals surface area contributed by atoms with Gasteiger partial charge in [0, 0.05) is 11.6 Å². The van der Waals surface area contributed by atoms with E-state index < -0.39 is 0 Å². The first-order chi connectivity index (χ1) is 6.50. The maximum atomic E-state index is 3.48. The lowest BCUT2D eigenvalue weighted by Crippen LogP contribution is -2.58. The zero-order valence-corrected chi connectivity index (χ0v) is 10.4. The zero-order valence-electron chi connectivity index (χ0n) is 10.4. The van der Waals surface area contributed by atoms with Crippen molar-refractivity contribution in [2.45, 2.75) is 52.1 Å². The molecule has 0 aromatic carbocycles. The molecule has 14 heavy (non-hydrogen) atoms. The largest absolute Gasteiger partial charge is 0.315 e. The number of likely N-dealkylation sites (tertiary alicyclic amines) is 1. The van der Waals surface area contributed by atoms with E-state index in [4.69, 9.17) is 0 Å². The van der Waals surface area contributed by atoms with Crippen LogP contribution in [0.2, 0.25) is 0 Å². The van der Waals surface area contributed by atoms with Crippen LogP contribution in [-0.4, -0.2) is 36.6 Å². The third kappa shape index (κ3) is 2.29. The Hall–Kier alpha value is -0.0800. The van der Waals surface area contributed by atoms with Crippen LogP contribution in [0.4, 0.5) is 0 Å². The Morgan fingerprint density at radius 3 is 2.00 bits per heavy atom. The SMILES string of the molecule is CNC(C(C)C)C(C)(C)N1CCCC1. The van der Waals surface area contributed by atoms with Crippen molar-refractivity contribution >= 4 is 0 Å². The van der Waals surface area contributed by atoms with Gasteiger partial charge in [-0.25, -0.2) is 0 Å². The van der Waals surface area contributed by atoms with Crippen molar-refractivity contribution in [1.82, 2.24) is 10.2 Å². The molecule has 0 spiro atoms. The smallest absolute Gasteiger partial charge is 0.0308 e. The highest BCUT2D eigenvalue weighted by molar-refractivity contribution is 4.96. The van der Waals surface area contributed by atoms with Crippen LogP contribution in [0.15, 0.2) is 0 Å². The van der Waals surface area contributed by atoms with Crippen molar-refractivity contribution in [3.8, 4) is 0 Å². The second-order valence-electron chi connectivity index (χ2n) is 5.36. The third-order valence-electron chi connectivity index (χ3n) is 3.66. The van der Waals surface area contributed by atoms with Gasteiger partial charge in [0.25, 0.3) is 0 Å². The molecule has 1 saturated heterocycles. The number of rotatable bonds is 4. The Morgan fingerprint density at radius 1 is 1.14 bits per heavy atom. The van der Waals surface area contributed by atoms with E-state index in [0.717, 1.165) is 0 Å². The van der Waals surface area contributed by atoms with Crippen LogP contribution < -0.4 is 5.32 Å². The fraction of sp³-hybridized carbons (Fsp3) is 1.00. The monoisotopic (exact) mass is 198 g/mol. The van der Waals surface area contributed by atoms with Crippen molar-refractivity contribution in [1.29, 1.82) is 0 Å². The fourth-order valence-electron chi connectivity index (χ4n) is 2.99. The predicted octanol–water partition coefficient (Wildman–Crippen LogP) is 2.10. The molecule has 0 aliphatic carbocycles. The number of nitrogens with zero attached hydrogens (tertiary/aromatic N) is 1. The summed E-state index contributed by atoms with van der Waals surface area (Å²) in [6, 6.07) is 0.584. The number of nitrogens with one attached hydrogen (secondary N) is 1. The van der Waals surface area contributed by atoms with Gasteiger partial charge in [0.05, 0.1) is 0 Å². The fourth-order valence-corrected chi connectivity index (χ4v) is 2.99. The average molecular weight is 198 g/mol. The zero-order chi connectivity index (χ0) is 10.8. The molecule has 1 aliphatic rings. The summed E-state index contributed by atoms with van der Waals surface area (Å²) in [6.07, 6.45) is 2.75. The molecule has 1 aliphatic heterocycles. The molecule has 0 aromatic heterocycles. The summed E-state index contributed by atoms with van der Waals surface area (Å²) >= 11 is 0. The molecule has 2 nitrogen and oxygen atoms in total. The Kier molecular flexibility index (Phi) is 3.96. The van der Waals surface area contributed by atoms with Crippen molar-refractivity contribution in [3.63, 3.8) is 0 Å². The van der Waals surface area contributed by atoms with Gasteiger partial charge in [-0.1, -0.05) is 13.8 Å². The van der Waals surface area contributed by atoms with Crippen LogP contribution in [0.25, 0.3) is 0 Å². The van der Waals surface area contributed by atoms with Crippen LogP contribution in [0.5, 0.6) is 0 Å². The van der Waals surface area contributed by atoms with Crippen LogP contribution >= 0.6 is 0 Å². The molecule has 0 aromatic rings. The average Bonchev–Trinajstić information content (AvgIpc) is 2.55. The lowest BCUT2D eigenvalue weighted by atomic mass is 9.85. The van der Waals surface area contributed by atoms with E-state index in [1.807, 2.05) is 0 Å². The molecule has 1 heterocycles. The first kappa shape index (κ1) is 12.0. The van der Waals surface area contributed by atoms with Crippen molar-refractivity contribution in [2.75, 3.05) is 20.1 Å². The third-order valence-corrected chi connectivity index (χ3v) is 3.66. The molecule has 0 amide bonds. The highest BCUT2D eigenvalue weighted by Gasteiger charge is 2.37. The van der Waals surface area contributed by atoms with Crippen LogP contribution in [-0.2, 0) is 0 Å². The van der Waals surface area contributed by atoms with E-state index in [9.17, 15) is 0 Å². The molecule has 1 unspecified atom stereocenters. The summed E-state index contributed by atoms with van der Waals surface area (Å²) < 4.78 is 0. The summed E-state index contributed by atoms with van der Waals surface area (Å²) in [4.78, 5) is 2.63. The van der Waals surface area contributed by atoms with Crippen molar-refractivity contribution in [3.05, 3.63) is 0 Å². The van der Waals surface area contributed by atoms with Gasteiger partial charge in [-0.05, 0) is 52.7 Å². The first-order valence-corrected chi connectivity index (χ1v) is 5.92. The molecule has 0 saturated carbocycles. The second kappa shape index (κ2) is 4.63. The Labute approximate surface area is 89.1 Å². The predicted molar refractivity (Wildman–Crippen MR) is 62.6 cm³/mol. The van der Waals surface area contributed by atoms with Gasteiger partial charge < -0.3 is 5.32 Å². The maximum absolute atomic E-state index is 3.48. The van der Waals surface area contributed by atoms with E-state index in [2.05, 4.69) is 45.0 Å². The molecule has 1 atom stereocenters. The number of hydrogen-bond acceptors (Lipinski definition) is 2. The van der Waals surface area contributed by atoms with Gasteiger partial charge in [0.2, 0.25) is 0 Å².